The molecule has 0 unspecified atom stereocenters. The van der Waals surface area contributed by atoms with E-state index in [4.69, 9.17) is 4.74 Å². The van der Waals surface area contributed by atoms with Crippen molar-refractivity contribution < 1.29 is 4.74 Å². The van der Waals surface area contributed by atoms with Gasteiger partial charge in [0.25, 0.3) is 0 Å². The number of halogens is 2. The Labute approximate surface area is 189 Å². The number of benzene rings is 2. The molecule has 0 atom stereocenters. The Kier molecular flexibility index (Phi) is 13.2. The third kappa shape index (κ3) is 8.65. The second-order valence-corrected chi connectivity index (χ2v) is 7.46. The van der Waals surface area contributed by atoms with E-state index in [1.165, 1.54) is 50.0 Å². The summed E-state index contributed by atoms with van der Waals surface area (Å²) in [6, 6.07) is 21.1. The van der Waals surface area contributed by atoms with Crippen molar-refractivity contribution in [2.75, 3.05) is 45.9 Å². The molecule has 0 radical (unpaired) electrons. The summed E-state index contributed by atoms with van der Waals surface area (Å²) >= 11 is 0. The average Bonchev–Trinajstić information content (AvgIpc) is 2.74. The molecule has 1 saturated heterocycles. The fraction of sp³-hybridized carbons (Fsp3) is 0.500. The van der Waals surface area contributed by atoms with Gasteiger partial charge in [-0.15, -0.1) is 24.8 Å². The molecule has 3 nitrogen and oxygen atoms in total. The molecule has 0 N–H and O–H groups in total. The minimum atomic E-state index is 0. The van der Waals surface area contributed by atoms with Crippen molar-refractivity contribution >= 4 is 24.8 Å². The van der Waals surface area contributed by atoms with Gasteiger partial charge in [0.2, 0.25) is 0 Å². The molecule has 0 spiro atoms. The van der Waals surface area contributed by atoms with Crippen LogP contribution in [-0.4, -0.2) is 55.7 Å². The van der Waals surface area contributed by atoms with E-state index in [1.54, 1.807) is 0 Å². The van der Waals surface area contributed by atoms with Crippen LogP contribution < -0.4 is 0 Å². The lowest BCUT2D eigenvalue weighted by atomic mass is 10.0. The van der Waals surface area contributed by atoms with Crippen molar-refractivity contribution in [2.45, 2.75) is 32.3 Å². The number of hydrogen-bond donors (Lipinski definition) is 0. The SMILES string of the molecule is CCCCCN1CCN(CCOC(c2ccccc2)c2ccccc2)CC1.Cl.Cl. The normalized spacial score (nSPS) is 15.0. The van der Waals surface area contributed by atoms with Crippen molar-refractivity contribution in [3.05, 3.63) is 71.8 Å². The molecule has 2 aromatic carbocycles. The molecule has 2 aromatic rings. The molecular formula is C24H36Cl2N2O. The molecule has 0 saturated carbocycles. The summed E-state index contributed by atoms with van der Waals surface area (Å²) in [5, 5.41) is 0. The molecule has 0 aromatic heterocycles. The third-order valence-electron chi connectivity index (χ3n) is 5.44. The Hall–Kier alpha value is -1.10. The van der Waals surface area contributed by atoms with Crippen LogP contribution in [0.3, 0.4) is 0 Å². The lowest BCUT2D eigenvalue weighted by molar-refractivity contribution is 0.0451. The predicted molar refractivity (Wildman–Crippen MR) is 128 cm³/mol. The Morgan fingerprint density at radius 3 is 1.69 bits per heavy atom. The number of hydrogen-bond acceptors (Lipinski definition) is 3. The largest absolute Gasteiger partial charge is 0.367 e. The highest BCUT2D eigenvalue weighted by molar-refractivity contribution is 5.85. The van der Waals surface area contributed by atoms with E-state index in [-0.39, 0.29) is 30.9 Å². The zero-order chi connectivity index (χ0) is 18.7. The first-order chi connectivity index (χ1) is 13.4. The van der Waals surface area contributed by atoms with Crippen LogP contribution in [0.2, 0.25) is 0 Å². The standard InChI is InChI=1S/C24H34N2O.2ClH/c1-2-3-10-15-25-16-18-26(19-17-25)20-21-27-24(22-11-6-4-7-12-22)23-13-8-5-9-14-23;;/h4-9,11-14,24H,2-3,10,15-21H2,1H3;2*1H. The van der Waals surface area contributed by atoms with Gasteiger partial charge in [-0.3, -0.25) is 4.90 Å². The van der Waals surface area contributed by atoms with Gasteiger partial charge in [0, 0.05) is 32.7 Å². The number of rotatable bonds is 10. The van der Waals surface area contributed by atoms with Crippen molar-refractivity contribution in [3.63, 3.8) is 0 Å². The number of ether oxygens (including phenoxy) is 1. The van der Waals surface area contributed by atoms with Crippen LogP contribution in [0.1, 0.15) is 43.4 Å². The quantitative estimate of drug-likeness (QED) is 0.458. The van der Waals surface area contributed by atoms with Gasteiger partial charge in [-0.25, -0.2) is 0 Å². The molecule has 162 valence electrons. The van der Waals surface area contributed by atoms with Gasteiger partial charge in [0.1, 0.15) is 6.10 Å². The maximum Gasteiger partial charge on any atom is 0.108 e. The van der Waals surface area contributed by atoms with Crippen molar-refractivity contribution in [2.24, 2.45) is 0 Å². The Morgan fingerprint density at radius 2 is 1.21 bits per heavy atom. The van der Waals surface area contributed by atoms with Gasteiger partial charge >= 0.3 is 0 Å². The molecule has 0 amide bonds. The van der Waals surface area contributed by atoms with Crippen molar-refractivity contribution in [1.29, 1.82) is 0 Å². The fourth-order valence-corrected chi connectivity index (χ4v) is 3.76. The summed E-state index contributed by atoms with van der Waals surface area (Å²) in [7, 11) is 0. The van der Waals surface area contributed by atoms with Crippen molar-refractivity contribution in [1.82, 2.24) is 9.80 Å². The predicted octanol–water partition coefficient (Wildman–Crippen LogP) is 5.44. The van der Waals surface area contributed by atoms with E-state index in [2.05, 4.69) is 77.4 Å². The van der Waals surface area contributed by atoms with Gasteiger partial charge in [0.15, 0.2) is 0 Å². The van der Waals surface area contributed by atoms with Crippen LogP contribution in [0.4, 0.5) is 0 Å². The smallest absolute Gasteiger partial charge is 0.108 e. The second-order valence-electron chi connectivity index (χ2n) is 7.46. The summed E-state index contributed by atoms with van der Waals surface area (Å²) < 4.78 is 6.37. The summed E-state index contributed by atoms with van der Waals surface area (Å²) in [4.78, 5) is 5.16. The van der Waals surface area contributed by atoms with Crippen LogP contribution in [0.5, 0.6) is 0 Å². The summed E-state index contributed by atoms with van der Waals surface area (Å²) in [5.74, 6) is 0. The minimum absolute atomic E-state index is 0. The van der Waals surface area contributed by atoms with E-state index >= 15 is 0 Å². The molecule has 1 aliphatic rings. The zero-order valence-corrected chi connectivity index (χ0v) is 19.2. The maximum atomic E-state index is 6.37. The molecular weight excluding hydrogens is 403 g/mol. The van der Waals surface area contributed by atoms with Gasteiger partial charge in [0.05, 0.1) is 6.61 Å². The van der Waals surface area contributed by atoms with Crippen LogP contribution in [-0.2, 0) is 4.74 Å². The topological polar surface area (TPSA) is 15.7 Å². The lowest BCUT2D eigenvalue weighted by Gasteiger charge is -2.35. The molecule has 1 fully saturated rings. The molecule has 1 aliphatic heterocycles. The number of nitrogens with zero attached hydrogens (tertiary/aromatic N) is 2. The van der Waals surface area contributed by atoms with Gasteiger partial charge in [-0.1, -0.05) is 80.4 Å². The summed E-state index contributed by atoms with van der Waals surface area (Å²) in [6.45, 7) is 10.0. The van der Waals surface area contributed by atoms with E-state index in [0.717, 1.165) is 26.2 Å². The van der Waals surface area contributed by atoms with Crippen LogP contribution in [0, 0.1) is 0 Å². The minimum Gasteiger partial charge on any atom is -0.367 e. The Balaban J connectivity index is 0.00000210. The molecule has 5 heteroatoms. The molecule has 29 heavy (non-hydrogen) atoms. The summed E-state index contributed by atoms with van der Waals surface area (Å²) in [6.07, 6.45) is 4.02. The van der Waals surface area contributed by atoms with Crippen LogP contribution >= 0.6 is 24.8 Å². The molecule has 3 rings (SSSR count). The highest BCUT2D eigenvalue weighted by Gasteiger charge is 2.18. The first-order valence-electron chi connectivity index (χ1n) is 10.5. The van der Waals surface area contributed by atoms with Crippen molar-refractivity contribution in [3.8, 4) is 0 Å². The Bertz CT molecular complexity index is 594. The number of piperazine rings is 1. The van der Waals surface area contributed by atoms with E-state index < -0.39 is 0 Å². The van der Waals surface area contributed by atoms with Gasteiger partial charge in [-0.05, 0) is 24.1 Å². The van der Waals surface area contributed by atoms with Crippen LogP contribution in [0.25, 0.3) is 0 Å². The maximum absolute atomic E-state index is 6.37. The average molecular weight is 439 g/mol. The van der Waals surface area contributed by atoms with E-state index in [9.17, 15) is 0 Å². The second kappa shape index (κ2) is 14.8. The third-order valence-corrected chi connectivity index (χ3v) is 5.44. The first kappa shape index (κ1) is 25.9. The molecule has 1 heterocycles. The molecule has 0 bridgehead atoms. The van der Waals surface area contributed by atoms with E-state index in [1.807, 2.05) is 0 Å². The highest BCUT2D eigenvalue weighted by atomic mass is 35.5. The summed E-state index contributed by atoms with van der Waals surface area (Å²) in [5.41, 5.74) is 2.45. The first-order valence-corrected chi connectivity index (χ1v) is 10.5. The van der Waals surface area contributed by atoms with Crippen LogP contribution in [0.15, 0.2) is 60.7 Å². The lowest BCUT2D eigenvalue weighted by Crippen LogP contribution is -2.47. The Morgan fingerprint density at radius 1 is 0.724 bits per heavy atom. The highest BCUT2D eigenvalue weighted by Crippen LogP contribution is 2.25. The number of unbranched alkanes of at least 4 members (excludes halogenated alkanes) is 2. The van der Waals surface area contributed by atoms with E-state index in [0.29, 0.717) is 0 Å². The fourth-order valence-electron chi connectivity index (χ4n) is 3.76. The van der Waals surface area contributed by atoms with Gasteiger partial charge < -0.3 is 9.64 Å². The molecule has 0 aliphatic carbocycles. The van der Waals surface area contributed by atoms with Gasteiger partial charge in [-0.2, -0.15) is 0 Å². The zero-order valence-electron chi connectivity index (χ0n) is 17.5. The monoisotopic (exact) mass is 438 g/mol.